The van der Waals surface area contributed by atoms with Crippen molar-refractivity contribution < 1.29 is 5.11 Å². The number of aromatic nitrogens is 3. The number of hydrogen-bond donors (Lipinski definition) is 1. The predicted molar refractivity (Wildman–Crippen MR) is 84.7 cm³/mol. The van der Waals surface area contributed by atoms with Gasteiger partial charge in [0.15, 0.2) is 5.82 Å². The molecule has 5 heteroatoms. The van der Waals surface area contributed by atoms with Gasteiger partial charge < -0.3 is 10.0 Å². The summed E-state index contributed by atoms with van der Waals surface area (Å²) < 4.78 is 0. The summed E-state index contributed by atoms with van der Waals surface area (Å²) in [5.41, 5.74) is 3.48. The Bertz CT molecular complexity index is 670. The van der Waals surface area contributed by atoms with Crippen molar-refractivity contribution in [2.24, 2.45) is 0 Å². The van der Waals surface area contributed by atoms with Crippen molar-refractivity contribution in [2.45, 2.75) is 38.1 Å². The highest BCUT2D eigenvalue weighted by molar-refractivity contribution is 5.61. The average molecular weight is 296 g/mol. The van der Waals surface area contributed by atoms with Crippen LogP contribution < -0.4 is 4.90 Å². The van der Waals surface area contributed by atoms with E-state index in [2.05, 4.69) is 9.88 Å². The lowest BCUT2D eigenvalue weighted by Gasteiger charge is -2.25. The van der Waals surface area contributed by atoms with Crippen molar-refractivity contribution in [3.05, 3.63) is 35.8 Å². The fourth-order valence-electron chi connectivity index (χ4n) is 3.24. The van der Waals surface area contributed by atoms with Gasteiger partial charge in [-0.2, -0.15) is 0 Å². The van der Waals surface area contributed by atoms with E-state index in [1.807, 2.05) is 12.1 Å². The number of hydrogen-bond acceptors (Lipinski definition) is 5. The van der Waals surface area contributed by atoms with Gasteiger partial charge in [-0.25, -0.2) is 9.97 Å². The van der Waals surface area contributed by atoms with Gasteiger partial charge in [-0.05, 0) is 44.2 Å². The Balaban J connectivity index is 1.81. The predicted octanol–water partition coefficient (Wildman–Crippen LogP) is 1.99. The average Bonchev–Trinajstić information content (AvgIpc) is 3.29. The second-order valence-electron chi connectivity index (χ2n) is 6.03. The molecule has 0 spiro atoms. The van der Waals surface area contributed by atoms with Gasteiger partial charge >= 0.3 is 0 Å². The van der Waals surface area contributed by atoms with E-state index in [0.717, 1.165) is 36.5 Å². The van der Waals surface area contributed by atoms with Crippen LogP contribution in [0.4, 0.5) is 5.82 Å². The maximum atomic E-state index is 9.42. The molecule has 114 valence electrons. The maximum absolute atomic E-state index is 9.42. The molecule has 1 N–H and O–H groups in total. The molecule has 2 aromatic heterocycles. The monoisotopic (exact) mass is 296 g/mol. The van der Waals surface area contributed by atoms with Crippen LogP contribution >= 0.6 is 0 Å². The van der Waals surface area contributed by atoms with Crippen molar-refractivity contribution in [3.8, 4) is 11.4 Å². The van der Waals surface area contributed by atoms with Gasteiger partial charge in [0.05, 0.1) is 6.61 Å². The minimum atomic E-state index is 0.167. The van der Waals surface area contributed by atoms with Crippen LogP contribution in [0.25, 0.3) is 11.4 Å². The van der Waals surface area contributed by atoms with E-state index in [9.17, 15) is 5.11 Å². The standard InChI is InChI=1S/C17H20N4O/c22-11-10-21(13-4-5-13)17-14-2-1-3-15(14)19-16(20-17)12-6-8-18-9-7-12/h6-9,13,22H,1-5,10-11H2. The zero-order chi connectivity index (χ0) is 14.9. The zero-order valence-electron chi connectivity index (χ0n) is 12.6. The molecular formula is C17H20N4O. The number of rotatable bonds is 5. The van der Waals surface area contributed by atoms with Crippen LogP contribution in [0, 0.1) is 0 Å². The Morgan fingerprint density at radius 2 is 1.95 bits per heavy atom. The Morgan fingerprint density at radius 3 is 2.68 bits per heavy atom. The van der Waals surface area contributed by atoms with Gasteiger partial charge in [0.2, 0.25) is 0 Å². The summed E-state index contributed by atoms with van der Waals surface area (Å²) in [4.78, 5) is 16.0. The summed E-state index contributed by atoms with van der Waals surface area (Å²) in [6.45, 7) is 0.823. The molecule has 0 amide bonds. The Morgan fingerprint density at radius 1 is 1.14 bits per heavy atom. The van der Waals surface area contributed by atoms with Crippen molar-refractivity contribution in [3.63, 3.8) is 0 Å². The first-order valence-corrected chi connectivity index (χ1v) is 8.04. The number of pyridine rings is 1. The minimum Gasteiger partial charge on any atom is -0.395 e. The third-order valence-electron chi connectivity index (χ3n) is 4.45. The Labute approximate surface area is 130 Å². The highest BCUT2D eigenvalue weighted by Crippen LogP contribution is 2.36. The Kier molecular flexibility index (Phi) is 3.50. The van der Waals surface area contributed by atoms with Crippen LogP contribution in [0.3, 0.4) is 0 Å². The third kappa shape index (κ3) is 2.46. The van der Waals surface area contributed by atoms with Crippen LogP contribution in [0.15, 0.2) is 24.5 Å². The van der Waals surface area contributed by atoms with E-state index in [0.29, 0.717) is 12.6 Å². The lowest BCUT2D eigenvalue weighted by molar-refractivity contribution is 0.301. The lowest BCUT2D eigenvalue weighted by Crippen LogP contribution is -2.31. The second kappa shape index (κ2) is 5.65. The number of aliphatic hydroxyl groups excluding tert-OH is 1. The summed E-state index contributed by atoms with van der Waals surface area (Å²) in [6, 6.07) is 4.44. The molecule has 22 heavy (non-hydrogen) atoms. The fraction of sp³-hybridized carbons (Fsp3) is 0.471. The van der Waals surface area contributed by atoms with Gasteiger partial charge in [0.1, 0.15) is 5.82 Å². The first kappa shape index (κ1) is 13.6. The van der Waals surface area contributed by atoms with Crippen molar-refractivity contribution in [1.29, 1.82) is 0 Å². The first-order chi connectivity index (χ1) is 10.9. The van der Waals surface area contributed by atoms with Gasteiger partial charge in [0, 0.05) is 41.8 Å². The van der Waals surface area contributed by atoms with Gasteiger partial charge in [-0.3, -0.25) is 4.98 Å². The number of aliphatic hydroxyl groups is 1. The maximum Gasteiger partial charge on any atom is 0.161 e. The summed E-state index contributed by atoms with van der Waals surface area (Å²) >= 11 is 0. The van der Waals surface area contributed by atoms with E-state index in [1.54, 1.807) is 12.4 Å². The summed E-state index contributed by atoms with van der Waals surface area (Å²) in [6.07, 6.45) is 9.17. The van der Waals surface area contributed by atoms with E-state index in [-0.39, 0.29) is 6.61 Å². The molecule has 0 saturated heterocycles. The molecule has 2 heterocycles. The van der Waals surface area contributed by atoms with Gasteiger partial charge in [-0.15, -0.1) is 0 Å². The molecule has 0 radical (unpaired) electrons. The van der Waals surface area contributed by atoms with Crippen molar-refractivity contribution in [2.75, 3.05) is 18.1 Å². The molecule has 0 unspecified atom stereocenters. The molecule has 4 rings (SSSR count). The highest BCUT2D eigenvalue weighted by Gasteiger charge is 2.33. The van der Waals surface area contributed by atoms with Gasteiger partial charge in [0.25, 0.3) is 0 Å². The second-order valence-corrected chi connectivity index (χ2v) is 6.03. The molecule has 5 nitrogen and oxygen atoms in total. The smallest absolute Gasteiger partial charge is 0.161 e. The molecule has 0 atom stereocenters. The lowest BCUT2D eigenvalue weighted by atomic mass is 10.2. The van der Waals surface area contributed by atoms with Crippen LogP contribution in [-0.4, -0.2) is 39.3 Å². The molecule has 0 aliphatic heterocycles. The van der Waals surface area contributed by atoms with Crippen LogP contribution in [-0.2, 0) is 12.8 Å². The quantitative estimate of drug-likeness (QED) is 0.914. The van der Waals surface area contributed by atoms with Crippen molar-refractivity contribution >= 4 is 5.82 Å². The number of anilines is 1. The molecule has 0 aromatic carbocycles. The zero-order valence-corrected chi connectivity index (χ0v) is 12.6. The van der Waals surface area contributed by atoms with E-state index in [1.165, 1.54) is 24.1 Å². The topological polar surface area (TPSA) is 62.1 Å². The molecular weight excluding hydrogens is 276 g/mol. The highest BCUT2D eigenvalue weighted by atomic mass is 16.3. The van der Waals surface area contributed by atoms with Crippen LogP contribution in [0.2, 0.25) is 0 Å². The summed E-state index contributed by atoms with van der Waals surface area (Å²) in [7, 11) is 0. The van der Waals surface area contributed by atoms with Crippen LogP contribution in [0.5, 0.6) is 0 Å². The van der Waals surface area contributed by atoms with E-state index >= 15 is 0 Å². The molecule has 0 bridgehead atoms. The fourth-order valence-corrected chi connectivity index (χ4v) is 3.24. The van der Waals surface area contributed by atoms with Gasteiger partial charge in [-0.1, -0.05) is 0 Å². The molecule has 1 saturated carbocycles. The van der Waals surface area contributed by atoms with E-state index in [4.69, 9.17) is 9.97 Å². The number of fused-ring (bicyclic) bond motifs is 1. The minimum absolute atomic E-state index is 0.167. The summed E-state index contributed by atoms with van der Waals surface area (Å²) in [5.74, 6) is 1.83. The molecule has 2 aromatic rings. The first-order valence-electron chi connectivity index (χ1n) is 8.04. The van der Waals surface area contributed by atoms with Crippen LogP contribution in [0.1, 0.15) is 30.5 Å². The summed E-state index contributed by atoms with van der Waals surface area (Å²) in [5, 5.41) is 9.42. The number of aryl methyl sites for hydroxylation is 1. The van der Waals surface area contributed by atoms with Crippen molar-refractivity contribution in [1.82, 2.24) is 15.0 Å². The SMILES string of the molecule is OCCN(c1nc(-c2ccncc2)nc2c1CCC2)C1CC1. The molecule has 2 aliphatic carbocycles. The Hall–Kier alpha value is -2.01. The number of nitrogens with zero attached hydrogens (tertiary/aromatic N) is 4. The normalized spacial score (nSPS) is 16.6. The van der Waals surface area contributed by atoms with E-state index < -0.39 is 0 Å². The molecule has 2 aliphatic rings. The largest absolute Gasteiger partial charge is 0.395 e. The molecule has 1 fully saturated rings. The third-order valence-corrected chi connectivity index (χ3v) is 4.45.